The van der Waals surface area contributed by atoms with Gasteiger partial charge in [-0.2, -0.15) is 16.1 Å². The molecule has 1 heterocycles. The summed E-state index contributed by atoms with van der Waals surface area (Å²) in [7, 11) is -3.66. The zero-order chi connectivity index (χ0) is 17.9. The number of rotatable bonds is 5. The van der Waals surface area contributed by atoms with Crippen LogP contribution in [0, 0.1) is 0 Å². The highest BCUT2D eigenvalue weighted by atomic mass is 32.2. The molecule has 1 aromatic rings. The summed E-state index contributed by atoms with van der Waals surface area (Å²) in [6.07, 6.45) is 1.88. The number of Topliss-reactive ketones (excluding diaryl/α,β-unsaturated/α-hetero) is 1. The van der Waals surface area contributed by atoms with E-state index >= 15 is 0 Å². The second-order valence-corrected chi connectivity index (χ2v) is 8.81. The van der Waals surface area contributed by atoms with Crippen LogP contribution in [-0.2, 0) is 14.8 Å². The van der Waals surface area contributed by atoms with Crippen LogP contribution in [0.25, 0.3) is 0 Å². The molecule has 1 aromatic carbocycles. The predicted octanol–water partition coefficient (Wildman–Crippen LogP) is 1.47. The fraction of sp³-hybridized carbons (Fsp3) is 0.500. The van der Waals surface area contributed by atoms with Crippen LogP contribution in [0.15, 0.2) is 29.2 Å². The smallest absolute Gasteiger partial charge is 0.243 e. The number of hydrogen-bond donors (Lipinski definition) is 0. The summed E-state index contributed by atoms with van der Waals surface area (Å²) in [5.74, 6) is -0.133. The van der Waals surface area contributed by atoms with E-state index in [1.807, 2.05) is 13.2 Å². The first-order chi connectivity index (χ1) is 11.3. The van der Waals surface area contributed by atoms with Crippen molar-refractivity contribution >= 4 is 33.5 Å². The number of carbonyl (C=O) groups is 2. The van der Waals surface area contributed by atoms with Crippen LogP contribution in [-0.4, -0.2) is 67.0 Å². The van der Waals surface area contributed by atoms with Gasteiger partial charge in [-0.3, -0.25) is 9.59 Å². The van der Waals surface area contributed by atoms with E-state index in [1.165, 1.54) is 35.1 Å². The molecule has 2 rings (SSSR count). The quantitative estimate of drug-likeness (QED) is 0.734. The molecule has 0 aromatic heterocycles. The van der Waals surface area contributed by atoms with Crippen LogP contribution < -0.4 is 0 Å². The molecule has 24 heavy (non-hydrogen) atoms. The summed E-state index contributed by atoms with van der Waals surface area (Å²) in [5.41, 5.74) is 0.374. The number of nitrogens with zero attached hydrogens (tertiary/aromatic N) is 2. The van der Waals surface area contributed by atoms with Gasteiger partial charge < -0.3 is 4.90 Å². The lowest BCUT2D eigenvalue weighted by Gasteiger charge is -2.35. The highest BCUT2D eigenvalue weighted by molar-refractivity contribution is 7.99. The van der Waals surface area contributed by atoms with Crippen molar-refractivity contribution in [1.82, 2.24) is 9.21 Å². The number of benzene rings is 1. The Morgan fingerprint density at radius 3 is 2.33 bits per heavy atom. The van der Waals surface area contributed by atoms with E-state index in [9.17, 15) is 18.0 Å². The van der Waals surface area contributed by atoms with Crippen molar-refractivity contribution in [2.75, 3.05) is 32.4 Å². The minimum absolute atomic E-state index is 0.0399. The first-order valence-electron chi connectivity index (χ1n) is 7.70. The molecule has 1 amide bonds. The van der Waals surface area contributed by atoms with Crippen LogP contribution in [0.5, 0.6) is 0 Å². The molecule has 132 valence electrons. The Hall–Kier alpha value is -1.38. The Labute approximate surface area is 147 Å². The maximum absolute atomic E-state index is 12.7. The third-order valence-electron chi connectivity index (χ3n) is 4.13. The van der Waals surface area contributed by atoms with E-state index in [0.717, 1.165) is 0 Å². The molecule has 1 aliphatic rings. The minimum atomic E-state index is -3.66. The first-order valence-corrected chi connectivity index (χ1v) is 10.4. The zero-order valence-electron chi connectivity index (χ0n) is 14.1. The van der Waals surface area contributed by atoms with E-state index in [-0.39, 0.29) is 34.9 Å². The number of sulfonamides is 1. The lowest BCUT2D eigenvalue weighted by atomic mass is 10.2. The van der Waals surface area contributed by atoms with E-state index in [4.69, 9.17) is 0 Å². The maximum Gasteiger partial charge on any atom is 0.243 e. The van der Waals surface area contributed by atoms with Crippen LogP contribution in [0.2, 0.25) is 0 Å². The second-order valence-electron chi connectivity index (χ2n) is 5.69. The molecule has 1 aliphatic heterocycles. The highest BCUT2D eigenvalue weighted by Crippen LogP contribution is 2.20. The standard InChI is InChI=1S/C16H22N2O4S2/c1-12(19)14-5-4-6-15(11-14)24(21,22)18-9-7-17(8-10-18)16(20)13(2)23-3/h4-6,11,13H,7-10H2,1-3H3. The Kier molecular flexibility index (Phi) is 6.06. The molecule has 8 heteroatoms. The lowest BCUT2D eigenvalue weighted by molar-refractivity contribution is -0.131. The van der Waals surface area contributed by atoms with Gasteiger partial charge in [-0.1, -0.05) is 12.1 Å². The highest BCUT2D eigenvalue weighted by Gasteiger charge is 2.31. The molecular formula is C16H22N2O4S2. The second kappa shape index (κ2) is 7.67. The van der Waals surface area contributed by atoms with E-state index in [2.05, 4.69) is 0 Å². The number of carbonyl (C=O) groups excluding carboxylic acids is 2. The number of amides is 1. The minimum Gasteiger partial charge on any atom is -0.339 e. The number of thioether (sulfide) groups is 1. The monoisotopic (exact) mass is 370 g/mol. The summed E-state index contributed by atoms with van der Waals surface area (Å²) < 4.78 is 26.8. The Morgan fingerprint density at radius 1 is 1.17 bits per heavy atom. The fourth-order valence-corrected chi connectivity index (χ4v) is 4.35. The van der Waals surface area contributed by atoms with Gasteiger partial charge in [0.1, 0.15) is 0 Å². The van der Waals surface area contributed by atoms with Crippen LogP contribution in [0.1, 0.15) is 24.2 Å². The Bertz CT molecular complexity index is 725. The zero-order valence-corrected chi connectivity index (χ0v) is 15.7. The SMILES string of the molecule is CSC(C)C(=O)N1CCN(S(=O)(=O)c2cccc(C(C)=O)c2)CC1. The van der Waals surface area contributed by atoms with Crippen molar-refractivity contribution in [2.45, 2.75) is 24.0 Å². The molecule has 0 aliphatic carbocycles. The molecule has 6 nitrogen and oxygen atoms in total. The number of hydrogen-bond acceptors (Lipinski definition) is 5. The third-order valence-corrected chi connectivity index (χ3v) is 6.93. The summed E-state index contributed by atoms with van der Waals surface area (Å²) in [6, 6.07) is 6.07. The summed E-state index contributed by atoms with van der Waals surface area (Å²) in [6.45, 7) is 4.55. The molecule has 0 radical (unpaired) electrons. The van der Waals surface area contributed by atoms with Crippen molar-refractivity contribution in [3.8, 4) is 0 Å². The van der Waals surface area contributed by atoms with Gasteiger partial charge in [-0.15, -0.1) is 0 Å². The van der Waals surface area contributed by atoms with Crippen LogP contribution >= 0.6 is 11.8 Å². The predicted molar refractivity (Wildman–Crippen MR) is 94.8 cm³/mol. The van der Waals surface area contributed by atoms with Gasteiger partial charge >= 0.3 is 0 Å². The molecule has 0 bridgehead atoms. The maximum atomic E-state index is 12.7. The van der Waals surface area contributed by atoms with Crippen LogP contribution in [0.4, 0.5) is 0 Å². The molecule has 1 fully saturated rings. The molecule has 1 atom stereocenters. The summed E-state index contributed by atoms with van der Waals surface area (Å²) in [5, 5.41) is -0.125. The lowest BCUT2D eigenvalue weighted by Crippen LogP contribution is -2.52. The van der Waals surface area contributed by atoms with Gasteiger partial charge in [-0.25, -0.2) is 8.42 Å². The van der Waals surface area contributed by atoms with Gasteiger partial charge in [0, 0.05) is 31.7 Å². The van der Waals surface area contributed by atoms with Crippen molar-refractivity contribution in [2.24, 2.45) is 0 Å². The van der Waals surface area contributed by atoms with Gasteiger partial charge in [0.2, 0.25) is 15.9 Å². The normalized spacial score (nSPS) is 17.5. The van der Waals surface area contributed by atoms with Crippen molar-refractivity contribution in [3.63, 3.8) is 0 Å². The molecule has 0 saturated carbocycles. The molecule has 0 spiro atoms. The van der Waals surface area contributed by atoms with Crippen molar-refractivity contribution in [1.29, 1.82) is 0 Å². The number of ketones is 1. The van der Waals surface area contributed by atoms with E-state index in [0.29, 0.717) is 18.7 Å². The van der Waals surface area contributed by atoms with Crippen molar-refractivity contribution in [3.05, 3.63) is 29.8 Å². The van der Waals surface area contributed by atoms with E-state index < -0.39 is 10.0 Å². The Morgan fingerprint density at radius 2 is 1.79 bits per heavy atom. The Balaban J connectivity index is 2.12. The summed E-state index contributed by atoms with van der Waals surface area (Å²) in [4.78, 5) is 25.5. The third kappa shape index (κ3) is 3.99. The largest absolute Gasteiger partial charge is 0.339 e. The fourth-order valence-electron chi connectivity index (χ4n) is 2.53. The summed E-state index contributed by atoms with van der Waals surface area (Å²) >= 11 is 1.48. The molecule has 0 N–H and O–H groups in total. The number of piperazine rings is 1. The first kappa shape index (κ1) is 19.0. The molecule has 1 unspecified atom stereocenters. The van der Waals surface area contributed by atoms with Gasteiger partial charge in [-0.05, 0) is 32.2 Å². The van der Waals surface area contributed by atoms with Crippen LogP contribution in [0.3, 0.4) is 0 Å². The van der Waals surface area contributed by atoms with Gasteiger partial charge in [0.15, 0.2) is 5.78 Å². The van der Waals surface area contributed by atoms with E-state index in [1.54, 1.807) is 17.0 Å². The molecule has 1 saturated heterocycles. The topological polar surface area (TPSA) is 74.8 Å². The van der Waals surface area contributed by atoms with Crippen molar-refractivity contribution < 1.29 is 18.0 Å². The average Bonchev–Trinajstić information content (AvgIpc) is 2.60. The van der Waals surface area contributed by atoms with Gasteiger partial charge in [0.25, 0.3) is 0 Å². The van der Waals surface area contributed by atoms with Gasteiger partial charge in [0.05, 0.1) is 10.1 Å². The molecular weight excluding hydrogens is 348 g/mol. The average molecular weight is 370 g/mol.